The van der Waals surface area contributed by atoms with Crippen molar-refractivity contribution in [3.05, 3.63) is 65.7 Å². The Balaban J connectivity index is 1.56. The van der Waals surface area contributed by atoms with Crippen molar-refractivity contribution >= 4 is 5.69 Å². The van der Waals surface area contributed by atoms with E-state index in [9.17, 15) is 0 Å². The number of para-hydroxylation sites is 1. The summed E-state index contributed by atoms with van der Waals surface area (Å²) in [6, 6.07) is 19.1. The molecule has 1 aliphatic heterocycles. The van der Waals surface area contributed by atoms with Crippen molar-refractivity contribution in [2.75, 3.05) is 18.4 Å². The Labute approximate surface area is 108 Å². The summed E-state index contributed by atoms with van der Waals surface area (Å²) < 4.78 is 0. The molecule has 1 atom stereocenters. The highest BCUT2D eigenvalue weighted by Gasteiger charge is 2.20. The predicted octanol–water partition coefficient (Wildman–Crippen LogP) is 2.99. The monoisotopic (exact) mass is 238 g/mol. The van der Waals surface area contributed by atoms with E-state index in [4.69, 9.17) is 0 Å². The van der Waals surface area contributed by atoms with Crippen LogP contribution in [0.15, 0.2) is 54.6 Å². The van der Waals surface area contributed by atoms with E-state index in [0.29, 0.717) is 5.92 Å². The number of hydrogen-bond acceptors (Lipinski definition) is 2. The molecular weight excluding hydrogens is 220 g/mol. The molecule has 0 saturated carbocycles. The predicted molar refractivity (Wildman–Crippen MR) is 75.8 cm³/mol. The van der Waals surface area contributed by atoms with Gasteiger partial charge in [0.05, 0.1) is 0 Å². The van der Waals surface area contributed by atoms with E-state index in [-0.39, 0.29) is 0 Å². The van der Waals surface area contributed by atoms with Gasteiger partial charge < -0.3 is 10.6 Å². The van der Waals surface area contributed by atoms with Crippen molar-refractivity contribution in [3.8, 4) is 0 Å². The van der Waals surface area contributed by atoms with Crippen LogP contribution in [0.1, 0.15) is 17.0 Å². The highest BCUT2D eigenvalue weighted by Crippen LogP contribution is 2.30. The molecule has 0 unspecified atom stereocenters. The van der Waals surface area contributed by atoms with Crippen molar-refractivity contribution < 1.29 is 0 Å². The SMILES string of the molecule is c1ccc(CNC[C@H]2CNc3ccccc32)cc1. The van der Waals surface area contributed by atoms with E-state index in [0.717, 1.165) is 19.6 Å². The Kier molecular flexibility index (Phi) is 3.29. The van der Waals surface area contributed by atoms with Crippen LogP contribution < -0.4 is 10.6 Å². The van der Waals surface area contributed by atoms with Crippen molar-refractivity contribution in [3.63, 3.8) is 0 Å². The van der Waals surface area contributed by atoms with Crippen LogP contribution in [0, 0.1) is 0 Å². The van der Waals surface area contributed by atoms with Crippen LogP contribution in [0.2, 0.25) is 0 Å². The zero-order valence-corrected chi connectivity index (χ0v) is 10.4. The van der Waals surface area contributed by atoms with Crippen molar-refractivity contribution in [2.45, 2.75) is 12.5 Å². The number of anilines is 1. The summed E-state index contributed by atoms with van der Waals surface area (Å²) in [5.74, 6) is 0.588. The summed E-state index contributed by atoms with van der Waals surface area (Å²) in [6.45, 7) is 3.01. The third kappa shape index (κ3) is 2.39. The Hall–Kier alpha value is -1.80. The Morgan fingerprint density at radius 2 is 1.78 bits per heavy atom. The second kappa shape index (κ2) is 5.23. The smallest absolute Gasteiger partial charge is 0.0376 e. The van der Waals surface area contributed by atoms with Crippen LogP contribution in [-0.4, -0.2) is 13.1 Å². The average Bonchev–Trinajstić information content (AvgIpc) is 2.84. The van der Waals surface area contributed by atoms with Crippen LogP contribution in [-0.2, 0) is 6.54 Å². The zero-order chi connectivity index (χ0) is 12.2. The Morgan fingerprint density at radius 1 is 1.00 bits per heavy atom. The van der Waals surface area contributed by atoms with Crippen LogP contribution >= 0.6 is 0 Å². The van der Waals surface area contributed by atoms with E-state index in [1.54, 1.807) is 0 Å². The van der Waals surface area contributed by atoms with Crippen LogP contribution in [0.4, 0.5) is 5.69 Å². The van der Waals surface area contributed by atoms with E-state index in [2.05, 4.69) is 65.2 Å². The van der Waals surface area contributed by atoms with Gasteiger partial charge in [-0.3, -0.25) is 0 Å². The molecule has 1 heterocycles. The average molecular weight is 238 g/mol. The maximum Gasteiger partial charge on any atom is 0.0376 e. The largest absolute Gasteiger partial charge is 0.384 e. The molecule has 3 rings (SSSR count). The molecule has 92 valence electrons. The number of nitrogens with one attached hydrogen (secondary N) is 2. The summed E-state index contributed by atoms with van der Waals surface area (Å²) in [7, 11) is 0. The molecule has 2 N–H and O–H groups in total. The first-order valence-electron chi connectivity index (χ1n) is 6.51. The third-order valence-corrected chi connectivity index (χ3v) is 3.50. The Bertz CT molecular complexity index is 508. The number of benzene rings is 2. The number of rotatable bonds is 4. The lowest BCUT2D eigenvalue weighted by Gasteiger charge is -2.11. The minimum Gasteiger partial charge on any atom is -0.384 e. The first-order chi connectivity index (χ1) is 8.93. The maximum absolute atomic E-state index is 3.54. The first-order valence-corrected chi connectivity index (χ1v) is 6.51. The lowest BCUT2D eigenvalue weighted by molar-refractivity contribution is 0.613. The summed E-state index contributed by atoms with van der Waals surface area (Å²) >= 11 is 0. The van der Waals surface area contributed by atoms with Gasteiger partial charge in [0, 0.05) is 31.2 Å². The molecule has 1 aliphatic rings. The second-order valence-electron chi connectivity index (χ2n) is 4.78. The van der Waals surface area contributed by atoms with Gasteiger partial charge in [-0.25, -0.2) is 0 Å². The molecule has 0 fully saturated rings. The van der Waals surface area contributed by atoms with Gasteiger partial charge in [-0.15, -0.1) is 0 Å². The van der Waals surface area contributed by atoms with Gasteiger partial charge in [-0.05, 0) is 17.2 Å². The highest BCUT2D eigenvalue weighted by molar-refractivity contribution is 5.57. The third-order valence-electron chi connectivity index (χ3n) is 3.50. The Morgan fingerprint density at radius 3 is 2.67 bits per heavy atom. The number of hydrogen-bond donors (Lipinski definition) is 2. The molecule has 0 bridgehead atoms. The summed E-state index contributed by atoms with van der Waals surface area (Å²) in [5.41, 5.74) is 4.08. The van der Waals surface area contributed by atoms with Gasteiger partial charge in [0.1, 0.15) is 0 Å². The van der Waals surface area contributed by atoms with Gasteiger partial charge in [0.15, 0.2) is 0 Å². The fraction of sp³-hybridized carbons (Fsp3) is 0.250. The van der Waals surface area contributed by atoms with E-state index < -0.39 is 0 Å². The quantitative estimate of drug-likeness (QED) is 0.855. The summed E-state index contributed by atoms with van der Waals surface area (Å²) in [5, 5.41) is 7.00. The summed E-state index contributed by atoms with van der Waals surface area (Å²) in [6.07, 6.45) is 0. The molecule has 0 radical (unpaired) electrons. The molecule has 0 amide bonds. The number of fused-ring (bicyclic) bond motifs is 1. The highest BCUT2D eigenvalue weighted by atomic mass is 14.9. The minimum atomic E-state index is 0.588. The van der Waals surface area contributed by atoms with Crippen molar-refractivity contribution in [1.29, 1.82) is 0 Å². The lowest BCUT2D eigenvalue weighted by atomic mass is 10.0. The molecule has 0 aromatic heterocycles. The fourth-order valence-corrected chi connectivity index (χ4v) is 2.53. The molecular formula is C16H18N2. The lowest BCUT2D eigenvalue weighted by Crippen LogP contribution is -2.22. The van der Waals surface area contributed by atoms with Crippen molar-refractivity contribution in [2.24, 2.45) is 0 Å². The molecule has 2 aromatic carbocycles. The van der Waals surface area contributed by atoms with Crippen LogP contribution in [0.5, 0.6) is 0 Å². The van der Waals surface area contributed by atoms with Gasteiger partial charge in [-0.2, -0.15) is 0 Å². The van der Waals surface area contributed by atoms with E-state index in [1.165, 1.54) is 16.8 Å². The van der Waals surface area contributed by atoms with Gasteiger partial charge in [0.2, 0.25) is 0 Å². The molecule has 2 nitrogen and oxygen atoms in total. The van der Waals surface area contributed by atoms with Gasteiger partial charge in [0.25, 0.3) is 0 Å². The van der Waals surface area contributed by atoms with Crippen LogP contribution in [0.25, 0.3) is 0 Å². The minimum absolute atomic E-state index is 0.588. The molecule has 0 aliphatic carbocycles. The maximum atomic E-state index is 3.54. The van der Waals surface area contributed by atoms with Crippen LogP contribution in [0.3, 0.4) is 0 Å². The topological polar surface area (TPSA) is 24.1 Å². The van der Waals surface area contributed by atoms with Crippen molar-refractivity contribution in [1.82, 2.24) is 5.32 Å². The van der Waals surface area contributed by atoms with Gasteiger partial charge >= 0.3 is 0 Å². The normalized spacial score (nSPS) is 17.2. The van der Waals surface area contributed by atoms with Gasteiger partial charge in [-0.1, -0.05) is 48.5 Å². The molecule has 2 aromatic rings. The molecule has 18 heavy (non-hydrogen) atoms. The summed E-state index contributed by atoms with van der Waals surface area (Å²) in [4.78, 5) is 0. The van der Waals surface area contributed by atoms with E-state index in [1.807, 2.05) is 0 Å². The second-order valence-corrected chi connectivity index (χ2v) is 4.78. The first kappa shape index (κ1) is 11.3. The standard InChI is InChI=1S/C16H18N2/c1-2-6-13(7-3-1)10-17-11-14-12-18-16-9-5-4-8-15(14)16/h1-9,14,17-18H,10-12H2/t14-/m0/s1. The molecule has 0 spiro atoms. The molecule has 2 heteroatoms. The molecule has 0 saturated heterocycles. The fourth-order valence-electron chi connectivity index (χ4n) is 2.53. The van der Waals surface area contributed by atoms with E-state index >= 15 is 0 Å². The zero-order valence-electron chi connectivity index (χ0n) is 10.4.